The van der Waals surface area contributed by atoms with E-state index in [4.69, 9.17) is 37.0 Å². The molecule has 0 amide bonds. The van der Waals surface area contributed by atoms with Gasteiger partial charge in [0.25, 0.3) is 0 Å². The van der Waals surface area contributed by atoms with E-state index in [0.29, 0.717) is 37.5 Å². The van der Waals surface area contributed by atoms with Crippen LogP contribution in [0.5, 0.6) is 0 Å². The van der Waals surface area contributed by atoms with Gasteiger partial charge >= 0.3 is 39.5 Å². The number of carbonyl (C=O) groups is 4. The standard InChI is InChI=1S/C72H140O17P2/c1-8-9-10-11-12-13-14-15-16-20-23-26-31-39-46-53-69(74)82-59-67(88-71(76)55-48-41-32-27-24-21-18-17-19-22-25-29-36-43-50-63(2)3)61-86-90(78,79)84-57-66(73)58-85-91(80,81)87-62-68(60-83-70(75)54-47-40-35-34-38-45-52-65(6)7)89-72(77)56-49-42-33-28-30-37-44-51-64(4)5/h63-68,73H,8-62H2,1-7H3,(H,78,79)(H,80,81)/t66-,67-,68-/m1/s1. The van der Waals surface area contributed by atoms with Crippen LogP contribution in [0.25, 0.3) is 0 Å². The molecule has 2 unspecified atom stereocenters. The lowest BCUT2D eigenvalue weighted by molar-refractivity contribution is -0.161. The molecule has 0 aliphatic carbocycles. The second-order valence-corrected chi connectivity index (χ2v) is 30.3. The van der Waals surface area contributed by atoms with E-state index >= 15 is 0 Å². The highest BCUT2D eigenvalue weighted by Crippen LogP contribution is 2.45. The fraction of sp³-hybridized carbons (Fsp3) is 0.944. The van der Waals surface area contributed by atoms with Crippen molar-refractivity contribution in [2.45, 2.75) is 381 Å². The number of hydrogen-bond acceptors (Lipinski definition) is 15. The number of hydrogen-bond donors (Lipinski definition) is 3. The molecule has 3 N–H and O–H groups in total. The molecular formula is C72H140O17P2. The van der Waals surface area contributed by atoms with E-state index in [-0.39, 0.29) is 25.7 Å². The molecule has 540 valence electrons. The van der Waals surface area contributed by atoms with Crippen LogP contribution < -0.4 is 0 Å². The third-order valence-electron chi connectivity index (χ3n) is 16.6. The van der Waals surface area contributed by atoms with Crippen molar-refractivity contribution in [3.05, 3.63) is 0 Å². The average Bonchev–Trinajstić information content (AvgIpc) is 3.71. The zero-order chi connectivity index (χ0) is 67.3. The number of unbranched alkanes of at least 4 members (excludes halogenated alkanes) is 38. The van der Waals surface area contributed by atoms with Gasteiger partial charge in [-0.15, -0.1) is 0 Å². The lowest BCUT2D eigenvalue weighted by Crippen LogP contribution is -2.30. The van der Waals surface area contributed by atoms with Crippen molar-refractivity contribution in [3.63, 3.8) is 0 Å². The molecule has 91 heavy (non-hydrogen) atoms. The van der Waals surface area contributed by atoms with E-state index in [9.17, 15) is 43.2 Å². The first-order chi connectivity index (χ1) is 43.7. The fourth-order valence-corrected chi connectivity index (χ4v) is 12.5. The summed E-state index contributed by atoms with van der Waals surface area (Å²) in [5.74, 6) is 0.0433. The third kappa shape index (κ3) is 66.5. The summed E-state index contributed by atoms with van der Waals surface area (Å²) in [6, 6.07) is 0. The minimum absolute atomic E-state index is 0.102. The fourth-order valence-electron chi connectivity index (χ4n) is 10.9. The Morgan fingerprint density at radius 1 is 0.297 bits per heavy atom. The first kappa shape index (κ1) is 89.1. The zero-order valence-electron chi connectivity index (χ0n) is 59.3. The van der Waals surface area contributed by atoms with Gasteiger partial charge in [0.2, 0.25) is 0 Å². The summed E-state index contributed by atoms with van der Waals surface area (Å²) in [6.07, 6.45) is 47.5. The minimum Gasteiger partial charge on any atom is -0.462 e. The Labute approximate surface area is 556 Å². The zero-order valence-corrected chi connectivity index (χ0v) is 61.1. The van der Waals surface area contributed by atoms with Crippen molar-refractivity contribution >= 4 is 39.5 Å². The molecule has 0 radical (unpaired) electrons. The molecule has 0 bridgehead atoms. The molecule has 0 heterocycles. The van der Waals surface area contributed by atoms with Crippen molar-refractivity contribution in [2.75, 3.05) is 39.6 Å². The summed E-state index contributed by atoms with van der Waals surface area (Å²) in [6.45, 7) is 11.7. The van der Waals surface area contributed by atoms with E-state index in [2.05, 4.69) is 48.5 Å². The monoisotopic (exact) mass is 1340 g/mol. The highest BCUT2D eigenvalue weighted by atomic mass is 31.2. The van der Waals surface area contributed by atoms with Crippen LogP contribution in [0.1, 0.15) is 363 Å². The SMILES string of the molecule is CCCCCCCCCCCCCCCCCC(=O)OC[C@H](COP(=O)(O)OC[C@@H](O)COP(=O)(O)OC[C@@H](COC(=O)CCCCCCCCC(C)C)OC(=O)CCCCCCCCCC(C)C)OC(=O)CCCCCCCCCCCCCCCCC(C)C. The van der Waals surface area contributed by atoms with Gasteiger partial charge < -0.3 is 33.8 Å². The minimum atomic E-state index is -4.95. The number of aliphatic hydroxyl groups excluding tert-OH is 1. The van der Waals surface area contributed by atoms with Crippen LogP contribution in [0.4, 0.5) is 0 Å². The molecule has 0 spiro atoms. The lowest BCUT2D eigenvalue weighted by Gasteiger charge is -2.21. The van der Waals surface area contributed by atoms with Gasteiger partial charge in [-0.3, -0.25) is 37.3 Å². The molecule has 0 aromatic carbocycles. The smallest absolute Gasteiger partial charge is 0.462 e. The number of phosphoric acid groups is 2. The van der Waals surface area contributed by atoms with Crippen molar-refractivity contribution < 1.29 is 80.2 Å². The van der Waals surface area contributed by atoms with Gasteiger partial charge in [-0.1, -0.05) is 312 Å². The summed E-state index contributed by atoms with van der Waals surface area (Å²) < 4.78 is 68.3. The predicted octanol–water partition coefficient (Wildman–Crippen LogP) is 20.6. The number of phosphoric ester groups is 2. The Morgan fingerprint density at radius 2 is 0.505 bits per heavy atom. The Hall–Kier alpha value is -1.94. The second-order valence-electron chi connectivity index (χ2n) is 27.4. The molecule has 5 atom stereocenters. The van der Waals surface area contributed by atoms with E-state index in [1.165, 1.54) is 167 Å². The van der Waals surface area contributed by atoms with Gasteiger partial charge in [-0.25, -0.2) is 9.13 Å². The molecule has 0 aromatic heterocycles. The van der Waals surface area contributed by atoms with E-state index in [1.54, 1.807) is 0 Å². The Morgan fingerprint density at radius 3 is 0.747 bits per heavy atom. The van der Waals surface area contributed by atoms with E-state index in [1.807, 2.05) is 0 Å². The quantitative estimate of drug-likeness (QED) is 0.0222. The molecular weight excluding hydrogens is 1200 g/mol. The summed E-state index contributed by atoms with van der Waals surface area (Å²) in [5.41, 5.74) is 0. The van der Waals surface area contributed by atoms with Crippen LogP contribution in [-0.2, 0) is 65.4 Å². The summed E-state index contributed by atoms with van der Waals surface area (Å²) in [7, 11) is -9.90. The third-order valence-corrected chi connectivity index (χ3v) is 18.5. The molecule has 0 saturated heterocycles. The molecule has 0 fully saturated rings. The normalized spacial score (nSPS) is 14.2. The molecule has 0 aliphatic rings. The number of rotatable bonds is 70. The number of ether oxygens (including phenoxy) is 4. The maximum absolute atomic E-state index is 13.0. The maximum Gasteiger partial charge on any atom is 0.472 e. The molecule has 17 nitrogen and oxygen atoms in total. The second kappa shape index (κ2) is 62.8. The van der Waals surface area contributed by atoms with Crippen LogP contribution in [-0.4, -0.2) is 96.7 Å². The number of carbonyl (C=O) groups excluding carboxylic acids is 4. The first-order valence-corrected chi connectivity index (χ1v) is 40.3. The number of aliphatic hydroxyl groups is 1. The molecule has 0 aromatic rings. The van der Waals surface area contributed by atoms with Crippen molar-refractivity contribution in [3.8, 4) is 0 Å². The van der Waals surface area contributed by atoms with Crippen LogP contribution in [0.15, 0.2) is 0 Å². The van der Waals surface area contributed by atoms with Crippen molar-refractivity contribution in [1.29, 1.82) is 0 Å². The van der Waals surface area contributed by atoms with E-state index in [0.717, 1.165) is 102 Å². The van der Waals surface area contributed by atoms with Crippen LogP contribution >= 0.6 is 15.6 Å². The molecule has 0 aliphatic heterocycles. The lowest BCUT2D eigenvalue weighted by atomic mass is 10.0. The largest absolute Gasteiger partial charge is 0.472 e. The van der Waals surface area contributed by atoms with Crippen molar-refractivity contribution in [1.82, 2.24) is 0 Å². The van der Waals surface area contributed by atoms with Gasteiger partial charge in [0, 0.05) is 25.7 Å². The van der Waals surface area contributed by atoms with Crippen molar-refractivity contribution in [2.24, 2.45) is 17.8 Å². The predicted molar refractivity (Wildman–Crippen MR) is 368 cm³/mol. The van der Waals surface area contributed by atoms with Gasteiger partial charge in [0.15, 0.2) is 12.2 Å². The highest BCUT2D eigenvalue weighted by molar-refractivity contribution is 7.47. The van der Waals surface area contributed by atoms with E-state index < -0.39 is 97.5 Å². The Balaban J connectivity index is 5.22. The average molecular weight is 1340 g/mol. The summed E-state index contributed by atoms with van der Waals surface area (Å²) >= 11 is 0. The van der Waals surface area contributed by atoms with Gasteiger partial charge in [0.05, 0.1) is 26.4 Å². The molecule has 0 saturated carbocycles. The van der Waals surface area contributed by atoms with Crippen LogP contribution in [0.3, 0.4) is 0 Å². The topological polar surface area (TPSA) is 237 Å². The Kier molecular flexibility index (Phi) is 61.5. The molecule has 0 rings (SSSR count). The van der Waals surface area contributed by atoms with Gasteiger partial charge in [-0.2, -0.15) is 0 Å². The highest BCUT2D eigenvalue weighted by Gasteiger charge is 2.30. The molecule has 19 heteroatoms. The van der Waals surface area contributed by atoms with Crippen LogP contribution in [0, 0.1) is 17.8 Å². The Bertz CT molecular complexity index is 1780. The van der Waals surface area contributed by atoms with Crippen LogP contribution in [0.2, 0.25) is 0 Å². The summed E-state index contributed by atoms with van der Waals surface area (Å²) in [5, 5.41) is 10.6. The summed E-state index contributed by atoms with van der Waals surface area (Å²) in [4.78, 5) is 72.6. The number of esters is 4. The van der Waals surface area contributed by atoms with Gasteiger partial charge in [-0.05, 0) is 43.4 Å². The maximum atomic E-state index is 13.0. The van der Waals surface area contributed by atoms with Gasteiger partial charge in [0.1, 0.15) is 19.3 Å². The first-order valence-electron chi connectivity index (χ1n) is 37.3.